The maximum atomic E-state index is 9.87. The van der Waals surface area contributed by atoms with Crippen LogP contribution in [0.15, 0.2) is 21.1 Å². The summed E-state index contributed by atoms with van der Waals surface area (Å²) in [6.45, 7) is 7.17. The van der Waals surface area contributed by atoms with Crippen molar-refractivity contribution < 1.29 is 5.11 Å². The van der Waals surface area contributed by atoms with Gasteiger partial charge in [0.25, 0.3) is 0 Å². The number of nitrogens with one attached hydrogen (secondary N) is 1. The van der Waals surface area contributed by atoms with Crippen molar-refractivity contribution in [2.75, 3.05) is 0 Å². The minimum absolute atomic E-state index is 0.312. The van der Waals surface area contributed by atoms with E-state index in [1.165, 1.54) is 0 Å². The molecule has 1 atom stereocenters. The second-order valence-corrected chi connectivity index (χ2v) is 6.08. The van der Waals surface area contributed by atoms with Crippen LogP contribution in [0.2, 0.25) is 0 Å². The molecule has 0 aromatic heterocycles. The summed E-state index contributed by atoms with van der Waals surface area (Å²) in [5.74, 6) is 0.893. The van der Waals surface area contributed by atoms with Gasteiger partial charge in [0.05, 0.1) is 4.47 Å². The molecule has 0 radical (unpaired) electrons. The molecule has 16 heavy (non-hydrogen) atoms. The summed E-state index contributed by atoms with van der Waals surface area (Å²) in [5.41, 5.74) is 0.897. The van der Waals surface area contributed by atoms with E-state index in [0.717, 1.165) is 14.5 Å². The van der Waals surface area contributed by atoms with E-state index in [4.69, 9.17) is 0 Å². The van der Waals surface area contributed by atoms with Crippen molar-refractivity contribution in [2.45, 2.75) is 33.4 Å². The standard InChI is InChI=1S/C12H17Br2NO/c1-7(2)8(3)15-6-9-4-10(13)5-11(14)12(9)16/h4-5,7-8,15-16H,6H2,1-3H3. The number of phenols is 1. The average molecular weight is 351 g/mol. The maximum Gasteiger partial charge on any atom is 0.134 e. The zero-order valence-corrected chi connectivity index (χ0v) is 12.9. The summed E-state index contributed by atoms with van der Waals surface area (Å²) in [5, 5.41) is 13.3. The third-order valence-electron chi connectivity index (χ3n) is 2.72. The van der Waals surface area contributed by atoms with Gasteiger partial charge in [-0.1, -0.05) is 29.8 Å². The SMILES string of the molecule is CC(C)C(C)NCc1cc(Br)cc(Br)c1O. The van der Waals surface area contributed by atoms with Crippen LogP contribution in [0, 0.1) is 5.92 Å². The first kappa shape index (κ1) is 14.0. The number of benzene rings is 1. The topological polar surface area (TPSA) is 32.3 Å². The lowest BCUT2D eigenvalue weighted by Gasteiger charge is -2.18. The predicted octanol–water partition coefficient (Wildman–Crippen LogP) is 4.05. The molecule has 0 spiro atoms. The Kier molecular flexibility index (Phi) is 5.28. The van der Waals surface area contributed by atoms with Crippen molar-refractivity contribution in [3.05, 3.63) is 26.6 Å². The van der Waals surface area contributed by atoms with Crippen LogP contribution in [0.4, 0.5) is 0 Å². The lowest BCUT2D eigenvalue weighted by Crippen LogP contribution is -2.30. The maximum absolute atomic E-state index is 9.87. The zero-order chi connectivity index (χ0) is 12.3. The highest BCUT2D eigenvalue weighted by molar-refractivity contribution is 9.11. The Morgan fingerprint density at radius 1 is 1.25 bits per heavy atom. The number of hydrogen-bond donors (Lipinski definition) is 2. The van der Waals surface area contributed by atoms with E-state index < -0.39 is 0 Å². The highest BCUT2D eigenvalue weighted by Gasteiger charge is 2.10. The highest BCUT2D eigenvalue weighted by Crippen LogP contribution is 2.31. The van der Waals surface area contributed by atoms with Crippen LogP contribution in [0.5, 0.6) is 5.75 Å². The molecule has 0 heterocycles. The van der Waals surface area contributed by atoms with Gasteiger partial charge in [0.1, 0.15) is 5.75 Å². The Balaban J connectivity index is 2.74. The van der Waals surface area contributed by atoms with E-state index in [1.807, 2.05) is 12.1 Å². The van der Waals surface area contributed by atoms with Gasteiger partial charge in [0.15, 0.2) is 0 Å². The van der Waals surface area contributed by atoms with Crippen LogP contribution in [-0.2, 0) is 6.54 Å². The third kappa shape index (κ3) is 3.75. The van der Waals surface area contributed by atoms with Gasteiger partial charge in [-0.05, 0) is 40.9 Å². The van der Waals surface area contributed by atoms with Crippen molar-refractivity contribution in [1.29, 1.82) is 0 Å². The van der Waals surface area contributed by atoms with Gasteiger partial charge < -0.3 is 10.4 Å². The quantitative estimate of drug-likeness (QED) is 0.858. The molecular formula is C12H17Br2NO. The van der Waals surface area contributed by atoms with E-state index in [9.17, 15) is 5.11 Å². The molecule has 2 N–H and O–H groups in total. The lowest BCUT2D eigenvalue weighted by molar-refractivity contribution is 0.415. The highest BCUT2D eigenvalue weighted by atomic mass is 79.9. The number of rotatable bonds is 4. The first-order valence-electron chi connectivity index (χ1n) is 5.32. The number of hydrogen-bond acceptors (Lipinski definition) is 2. The average Bonchev–Trinajstić information content (AvgIpc) is 2.20. The second kappa shape index (κ2) is 6.03. The fourth-order valence-electron chi connectivity index (χ4n) is 1.26. The van der Waals surface area contributed by atoms with Crippen LogP contribution in [0.3, 0.4) is 0 Å². The van der Waals surface area contributed by atoms with Crippen molar-refractivity contribution in [1.82, 2.24) is 5.32 Å². The molecule has 0 saturated heterocycles. The van der Waals surface area contributed by atoms with Gasteiger partial charge in [-0.2, -0.15) is 0 Å². The molecule has 1 unspecified atom stereocenters. The molecule has 0 fully saturated rings. The van der Waals surface area contributed by atoms with Crippen molar-refractivity contribution in [3.8, 4) is 5.75 Å². The second-order valence-electron chi connectivity index (χ2n) is 4.31. The Bertz CT molecular complexity index is 366. The summed E-state index contributed by atoms with van der Waals surface area (Å²) in [6, 6.07) is 4.20. The van der Waals surface area contributed by atoms with E-state index in [2.05, 4.69) is 57.9 Å². The zero-order valence-electron chi connectivity index (χ0n) is 9.72. The predicted molar refractivity (Wildman–Crippen MR) is 74.6 cm³/mol. The molecule has 1 aromatic rings. The van der Waals surface area contributed by atoms with Crippen LogP contribution in [-0.4, -0.2) is 11.1 Å². The third-order valence-corrected chi connectivity index (χ3v) is 3.78. The smallest absolute Gasteiger partial charge is 0.134 e. The molecule has 90 valence electrons. The summed E-state index contributed by atoms with van der Waals surface area (Å²) < 4.78 is 1.68. The molecule has 0 aliphatic heterocycles. The molecular weight excluding hydrogens is 334 g/mol. The lowest BCUT2D eigenvalue weighted by atomic mass is 10.1. The summed E-state index contributed by atoms with van der Waals surface area (Å²) in [7, 11) is 0. The minimum Gasteiger partial charge on any atom is -0.506 e. The fourth-order valence-corrected chi connectivity index (χ4v) is 2.57. The monoisotopic (exact) mass is 349 g/mol. The van der Waals surface area contributed by atoms with Crippen LogP contribution < -0.4 is 5.32 Å². The largest absolute Gasteiger partial charge is 0.506 e. The first-order chi connectivity index (χ1) is 7.41. The van der Waals surface area contributed by atoms with Crippen molar-refractivity contribution in [2.24, 2.45) is 5.92 Å². The van der Waals surface area contributed by atoms with Gasteiger partial charge in [0.2, 0.25) is 0 Å². The molecule has 0 saturated carbocycles. The number of halogens is 2. The van der Waals surface area contributed by atoms with Gasteiger partial charge in [-0.25, -0.2) is 0 Å². The van der Waals surface area contributed by atoms with Gasteiger partial charge in [0, 0.05) is 22.6 Å². The van der Waals surface area contributed by atoms with Crippen molar-refractivity contribution >= 4 is 31.9 Å². The Labute approximate surface area is 114 Å². The molecule has 4 heteroatoms. The van der Waals surface area contributed by atoms with Gasteiger partial charge in [-0.15, -0.1) is 0 Å². The first-order valence-corrected chi connectivity index (χ1v) is 6.90. The number of aromatic hydroxyl groups is 1. The van der Waals surface area contributed by atoms with E-state index >= 15 is 0 Å². The van der Waals surface area contributed by atoms with Crippen LogP contribution in [0.25, 0.3) is 0 Å². The summed E-state index contributed by atoms with van der Waals surface area (Å²) in [6.07, 6.45) is 0. The van der Waals surface area contributed by atoms with Gasteiger partial charge >= 0.3 is 0 Å². The van der Waals surface area contributed by atoms with E-state index in [1.54, 1.807) is 0 Å². The number of phenolic OH excluding ortho intramolecular Hbond substituents is 1. The molecule has 1 aromatic carbocycles. The molecule has 0 aliphatic rings. The molecule has 1 rings (SSSR count). The van der Waals surface area contributed by atoms with Crippen molar-refractivity contribution in [3.63, 3.8) is 0 Å². The van der Waals surface area contributed by atoms with E-state index in [-0.39, 0.29) is 0 Å². The molecule has 2 nitrogen and oxygen atoms in total. The van der Waals surface area contributed by atoms with E-state index in [0.29, 0.717) is 24.3 Å². The summed E-state index contributed by atoms with van der Waals surface area (Å²) >= 11 is 6.74. The van der Waals surface area contributed by atoms with Gasteiger partial charge in [-0.3, -0.25) is 0 Å². The normalized spacial score (nSPS) is 13.1. The fraction of sp³-hybridized carbons (Fsp3) is 0.500. The molecule has 0 amide bonds. The Morgan fingerprint density at radius 3 is 2.44 bits per heavy atom. The van der Waals surface area contributed by atoms with Crippen LogP contribution in [0.1, 0.15) is 26.3 Å². The molecule has 0 bridgehead atoms. The molecule has 0 aliphatic carbocycles. The Morgan fingerprint density at radius 2 is 1.88 bits per heavy atom. The Hall–Kier alpha value is -0.0600. The summed E-state index contributed by atoms with van der Waals surface area (Å²) in [4.78, 5) is 0. The van der Waals surface area contributed by atoms with Crippen LogP contribution >= 0.6 is 31.9 Å². The minimum atomic E-state index is 0.312.